The Morgan fingerprint density at radius 1 is 0.839 bits per heavy atom. The Labute approximate surface area is 182 Å². The normalized spacial score (nSPS) is 11.2. The largest absolute Gasteiger partial charge is 0.465 e. The minimum Gasteiger partial charge on any atom is -0.465 e. The third-order valence-electron chi connectivity index (χ3n) is 5.60. The van der Waals surface area contributed by atoms with Gasteiger partial charge in [0.15, 0.2) is 0 Å². The zero-order chi connectivity index (χ0) is 21.8. The quantitative estimate of drug-likeness (QED) is 0.250. The molecule has 3 aromatic carbocycles. The Bertz CT molecular complexity index is 1100. The molecule has 0 bridgehead atoms. The van der Waals surface area contributed by atoms with Crippen molar-refractivity contribution in [3.8, 4) is 0 Å². The van der Waals surface area contributed by atoms with Crippen LogP contribution in [0.3, 0.4) is 0 Å². The average Bonchev–Trinajstić information content (AvgIpc) is 3.22. The molecule has 0 radical (unpaired) electrons. The van der Waals surface area contributed by atoms with E-state index in [-0.39, 0.29) is 5.57 Å². The van der Waals surface area contributed by atoms with Crippen molar-refractivity contribution in [2.24, 2.45) is 0 Å². The fourth-order valence-electron chi connectivity index (χ4n) is 4.23. The minimum atomic E-state index is -0.767. The number of rotatable bonds is 6. The molecule has 0 atom stereocenters. The smallest absolute Gasteiger partial charge is 0.339 e. The Hall–Kier alpha value is -3.92. The molecule has 0 aliphatic heterocycles. The van der Waals surface area contributed by atoms with E-state index in [0.29, 0.717) is 11.4 Å². The standard InChI is InChI=1S/C27H24N2O2/c1-20(26(30)31-3)25-21(2)28-19-29(25)27(22-13-7-4-8-14-22,23-15-9-5-10-16-23)24-17-11-6-12-18-24/h4-19H,1H2,2-3H3. The lowest BCUT2D eigenvalue weighted by molar-refractivity contribution is -0.133. The molecule has 1 aromatic heterocycles. The molecule has 0 spiro atoms. The molecule has 0 aliphatic carbocycles. The van der Waals surface area contributed by atoms with Gasteiger partial charge in [0.2, 0.25) is 0 Å². The van der Waals surface area contributed by atoms with Crippen LogP contribution in [0.1, 0.15) is 28.1 Å². The number of imidazole rings is 1. The zero-order valence-corrected chi connectivity index (χ0v) is 17.7. The molecule has 0 unspecified atom stereocenters. The van der Waals surface area contributed by atoms with Gasteiger partial charge < -0.3 is 9.30 Å². The van der Waals surface area contributed by atoms with Crippen LogP contribution in [0.15, 0.2) is 104 Å². The molecule has 4 nitrogen and oxygen atoms in total. The Morgan fingerprint density at radius 3 is 1.65 bits per heavy atom. The highest BCUT2D eigenvalue weighted by atomic mass is 16.5. The Morgan fingerprint density at radius 2 is 1.26 bits per heavy atom. The third kappa shape index (κ3) is 3.36. The fraction of sp³-hybridized carbons (Fsp3) is 0.111. The molecular weight excluding hydrogens is 384 g/mol. The predicted octanol–water partition coefficient (Wildman–Crippen LogP) is 5.22. The molecule has 0 amide bonds. The summed E-state index contributed by atoms with van der Waals surface area (Å²) < 4.78 is 7.04. The maximum atomic E-state index is 12.5. The summed E-state index contributed by atoms with van der Waals surface area (Å²) in [6, 6.07) is 30.7. The number of benzene rings is 3. The molecule has 31 heavy (non-hydrogen) atoms. The first kappa shape index (κ1) is 20.4. The van der Waals surface area contributed by atoms with Crippen molar-refractivity contribution in [1.82, 2.24) is 9.55 Å². The molecular formula is C27H24N2O2. The molecule has 0 saturated heterocycles. The Kier molecular flexibility index (Phi) is 5.54. The summed E-state index contributed by atoms with van der Waals surface area (Å²) in [5.41, 5.74) is 3.99. The van der Waals surface area contributed by atoms with E-state index in [0.717, 1.165) is 16.7 Å². The maximum absolute atomic E-state index is 12.5. The summed E-state index contributed by atoms with van der Waals surface area (Å²) >= 11 is 0. The van der Waals surface area contributed by atoms with Gasteiger partial charge in [-0.2, -0.15) is 0 Å². The van der Waals surface area contributed by atoms with E-state index in [1.807, 2.05) is 66.1 Å². The monoisotopic (exact) mass is 408 g/mol. The van der Waals surface area contributed by atoms with Crippen LogP contribution in [0.4, 0.5) is 0 Å². The summed E-state index contributed by atoms with van der Waals surface area (Å²) in [6.07, 6.45) is 1.78. The van der Waals surface area contributed by atoms with Crippen LogP contribution in [-0.4, -0.2) is 22.6 Å². The number of nitrogens with zero attached hydrogens (tertiary/aromatic N) is 2. The van der Waals surface area contributed by atoms with Crippen LogP contribution >= 0.6 is 0 Å². The molecule has 0 N–H and O–H groups in total. The number of hydrogen-bond acceptors (Lipinski definition) is 3. The molecule has 1 heterocycles. The minimum absolute atomic E-state index is 0.268. The summed E-state index contributed by atoms with van der Waals surface area (Å²) in [5.74, 6) is -0.479. The first-order valence-corrected chi connectivity index (χ1v) is 10.1. The van der Waals surface area contributed by atoms with Gasteiger partial charge in [0.25, 0.3) is 0 Å². The van der Waals surface area contributed by atoms with E-state index in [2.05, 4.69) is 48.0 Å². The van der Waals surface area contributed by atoms with Crippen LogP contribution in [0.2, 0.25) is 0 Å². The van der Waals surface area contributed by atoms with Gasteiger partial charge in [-0.1, -0.05) is 97.6 Å². The first-order chi connectivity index (χ1) is 15.1. The van der Waals surface area contributed by atoms with Crippen molar-refractivity contribution >= 4 is 11.5 Å². The van der Waals surface area contributed by atoms with Crippen molar-refractivity contribution in [3.05, 3.63) is 132 Å². The van der Waals surface area contributed by atoms with Crippen molar-refractivity contribution in [1.29, 1.82) is 0 Å². The van der Waals surface area contributed by atoms with E-state index in [9.17, 15) is 4.79 Å². The number of esters is 1. The Balaban J connectivity index is 2.16. The lowest BCUT2D eigenvalue weighted by Gasteiger charge is -2.38. The van der Waals surface area contributed by atoms with E-state index < -0.39 is 11.5 Å². The van der Waals surface area contributed by atoms with E-state index >= 15 is 0 Å². The highest BCUT2D eigenvalue weighted by molar-refractivity contribution is 6.15. The summed E-state index contributed by atoms with van der Waals surface area (Å²) in [4.78, 5) is 17.1. The van der Waals surface area contributed by atoms with Crippen molar-refractivity contribution in [3.63, 3.8) is 0 Å². The van der Waals surface area contributed by atoms with Crippen molar-refractivity contribution in [2.75, 3.05) is 7.11 Å². The van der Waals surface area contributed by atoms with Gasteiger partial charge in [-0.15, -0.1) is 0 Å². The van der Waals surface area contributed by atoms with Crippen LogP contribution in [0.5, 0.6) is 0 Å². The van der Waals surface area contributed by atoms with Gasteiger partial charge in [-0.3, -0.25) is 0 Å². The topological polar surface area (TPSA) is 44.1 Å². The number of methoxy groups -OCH3 is 1. The molecule has 4 heteroatoms. The number of carbonyl (C=O) groups is 1. The number of aromatic nitrogens is 2. The maximum Gasteiger partial charge on any atom is 0.339 e. The van der Waals surface area contributed by atoms with Gasteiger partial charge in [0.05, 0.1) is 30.4 Å². The van der Waals surface area contributed by atoms with E-state index in [1.54, 1.807) is 6.33 Å². The van der Waals surface area contributed by atoms with Gasteiger partial charge in [-0.05, 0) is 23.6 Å². The second-order valence-corrected chi connectivity index (χ2v) is 7.33. The highest BCUT2D eigenvalue weighted by Gasteiger charge is 2.41. The van der Waals surface area contributed by atoms with Crippen LogP contribution in [0, 0.1) is 6.92 Å². The van der Waals surface area contributed by atoms with Crippen molar-refractivity contribution in [2.45, 2.75) is 12.5 Å². The van der Waals surface area contributed by atoms with Crippen LogP contribution in [-0.2, 0) is 15.1 Å². The van der Waals surface area contributed by atoms with Crippen LogP contribution < -0.4 is 0 Å². The molecule has 154 valence electrons. The lowest BCUT2D eigenvalue weighted by Crippen LogP contribution is -2.38. The molecule has 4 rings (SSSR count). The average molecular weight is 409 g/mol. The molecule has 4 aromatic rings. The molecule has 0 aliphatic rings. The summed E-state index contributed by atoms with van der Waals surface area (Å²) in [6.45, 7) is 5.93. The second-order valence-electron chi connectivity index (χ2n) is 7.33. The number of ether oxygens (including phenoxy) is 1. The van der Waals surface area contributed by atoms with E-state index in [1.165, 1.54) is 7.11 Å². The van der Waals surface area contributed by atoms with Crippen LogP contribution in [0.25, 0.3) is 5.57 Å². The predicted molar refractivity (Wildman–Crippen MR) is 123 cm³/mol. The lowest BCUT2D eigenvalue weighted by atomic mass is 9.76. The summed E-state index contributed by atoms with van der Waals surface area (Å²) in [7, 11) is 1.36. The first-order valence-electron chi connectivity index (χ1n) is 10.1. The van der Waals surface area contributed by atoms with E-state index in [4.69, 9.17) is 4.74 Å². The van der Waals surface area contributed by atoms with Gasteiger partial charge >= 0.3 is 5.97 Å². The van der Waals surface area contributed by atoms with Gasteiger partial charge in [0.1, 0.15) is 5.54 Å². The number of aryl methyl sites for hydroxylation is 1. The highest BCUT2D eigenvalue weighted by Crippen LogP contribution is 2.42. The molecule has 0 fully saturated rings. The van der Waals surface area contributed by atoms with Crippen molar-refractivity contribution < 1.29 is 9.53 Å². The fourth-order valence-corrected chi connectivity index (χ4v) is 4.23. The number of hydrogen-bond donors (Lipinski definition) is 0. The SMILES string of the molecule is C=C(C(=O)OC)c1c(C)ncn1C(c1ccccc1)(c1ccccc1)c1ccccc1. The number of carbonyl (C=O) groups excluding carboxylic acids is 1. The third-order valence-corrected chi connectivity index (χ3v) is 5.60. The second kappa shape index (κ2) is 8.44. The van der Waals surface area contributed by atoms with Gasteiger partial charge in [0, 0.05) is 0 Å². The summed E-state index contributed by atoms with van der Waals surface area (Å²) in [5, 5.41) is 0. The molecule has 0 saturated carbocycles. The zero-order valence-electron chi connectivity index (χ0n) is 17.7. The van der Waals surface area contributed by atoms with Gasteiger partial charge in [-0.25, -0.2) is 9.78 Å².